The van der Waals surface area contributed by atoms with E-state index >= 15 is 0 Å². The van der Waals surface area contributed by atoms with Crippen LogP contribution in [0.4, 0.5) is 0 Å². The van der Waals surface area contributed by atoms with Crippen molar-refractivity contribution in [2.24, 2.45) is 0 Å². The summed E-state index contributed by atoms with van der Waals surface area (Å²) in [5.74, 6) is 1.07. The monoisotopic (exact) mass is 271 g/mol. The molecule has 0 aliphatic rings. The summed E-state index contributed by atoms with van der Waals surface area (Å²) < 4.78 is 4.95. The first-order valence-corrected chi connectivity index (χ1v) is 6.52. The second kappa shape index (κ2) is 7.35. The van der Waals surface area contributed by atoms with E-state index in [0.29, 0.717) is 23.6 Å². The van der Waals surface area contributed by atoms with Crippen LogP contribution in [0.15, 0.2) is 18.3 Å². The molecule has 0 aliphatic carbocycles. The predicted octanol–water partition coefficient (Wildman–Crippen LogP) is 1.15. The smallest absolute Gasteiger partial charge is 0.185 e. The summed E-state index contributed by atoms with van der Waals surface area (Å²) in [6.45, 7) is 1.47. The molecule has 0 bridgehead atoms. The average molecular weight is 271 g/mol. The van der Waals surface area contributed by atoms with Gasteiger partial charge < -0.3 is 14.9 Å². The maximum atomic E-state index is 10.7. The Labute approximate surface area is 110 Å². The fourth-order valence-electron chi connectivity index (χ4n) is 1.37. The number of thioether (sulfide) groups is 1. The van der Waals surface area contributed by atoms with E-state index in [1.165, 1.54) is 20.2 Å². The number of nitrogens with zero attached hydrogens (tertiary/aromatic N) is 1. The topological polar surface area (TPSA) is 79.6 Å². The van der Waals surface area contributed by atoms with Gasteiger partial charge in [-0.2, -0.15) is 0 Å². The van der Waals surface area contributed by atoms with Crippen LogP contribution in [-0.4, -0.2) is 39.3 Å². The lowest BCUT2D eigenvalue weighted by molar-refractivity contribution is -0.109. The van der Waals surface area contributed by atoms with Crippen molar-refractivity contribution in [3.63, 3.8) is 0 Å². The van der Waals surface area contributed by atoms with Crippen LogP contribution < -0.4 is 4.74 Å². The summed E-state index contributed by atoms with van der Waals surface area (Å²) in [7, 11) is 1.53. The molecule has 5 nitrogen and oxygen atoms in total. The number of carbonyl (C=O) groups is 1. The summed E-state index contributed by atoms with van der Waals surface area (Å²) in [5, 5.41) is 19.6. The zero-order valence-corrected chi connectivity index (χ0v) is 11.2. The van der Waals surface area contributed by atoms with Crippen LogP contribution in [0.5, 0.6) is 5.75 Å². The fraction of sp³-hybridized carbons (Fsp3) is 0.500. The average Bonchev–Trinajstić information content (AvgIpc) is 2.37. The van der Waals surface area contributed by atoms with Crippen molar-refractivity contribution in [1.29, 1.82) is 0 Å². The van der Waals surface area contributed by atoms with Crippen LogP contribution in [0.1, 0.15) is 25.1 Å². The number of pyridine rings is 1. The molecule has 0 fully saturated rings. The van der Waals surface area contributed by atoms with Crippen molar-refractivity contribution in [1.82, 2.24) is 4.98 Å². The molecular weight excluding hydrogens is 254 g/mol. The molecule has 0 spiro atoms. The Morgan fingerprint density at radius 3 is 2.72 bits per heavy atom. The molecule has 18 heavy (non-hydrogen) atoms. The van der Waals surface area contributed by atoms with Crippen molar-refractivity contribution in [2.75, 3.05) is 12.9 Å². The quantitative estimate of drug-likeness (QED) is 0.808. The maximum absolute atomic E-state index is 10.7. The highest BCUT2D eigenvalue weighted by Gasteiger charge is 2.19. The molecule has 1 aromatic heterocycles. The predicted molar refractivity (Wildman–Crippen MR) is 69.5 cm³/mol. The van der Waals surface area contributed by atoms with E-state index in [2.05, 4.69) is 4.98 Å². The molecule has 0 aliphatic heterocycles. The lowest BCUT2D eigenvalue weighted by Gasteiger charge is -2.17. The lowest BCUT2D eigenvalue weighted by atomic mass is 10.1. The first-order chi connectivity index (χ1) is 8.54. The van der Waals surface area contributed by atoms with Crippen LogP contribution in [0.25, 0.3) is 0 Å². The second-order valence-electron chi connectivity index (χ2n) is 3.76. The van der Waals surface area contributed by atoms with Gasteiger partial charge in [-0.05, 0) is 18.6 Å². The third-order valence-electron chi connectivity index (χ3n) is 2.38. The summed E-state index contributed by atoms with van der Waals surface area (Å²) in [5.41, 5.74) is 0.385. The Morgan fingerprint density at radius 2 is 2.22 bits per heavy atom. The van der Waals surface area contributed by atoms with Gasteiger partial charge in [0.15, 0.2) is 5.12 Å². The molecule has 1 rings (SSSR count). The van der Waals surface area contributed by atoms with Crippen LogP contribution in [0.3, 0.4) is 0 Å². The Balaban J connectivity index is 2.51. The molecule has 2 atom stereocenters. The van der Waals surface area contributed by atoms with E-state index < -0.39 is 12.2 Å². The first kappa shape index (κ1) is 14.9. The number of aliphatic hydroxyl groups is 2. The maximum Gasteiger partial charge on any atom is 0.185 e. The van der Waals surface area contributed by atoms with Crippen LogP contribution in [-0.2, 0) is 4.79 Å². The van der Waals surface area contributed by atoms with Crippen molar-refractivity contribution < 1.29 is 19.7 Å². The molecule has 6 heteroatoms. The number of ether oxygens (including phenoxy) is 1. The number of aliphatic hydroxyl groups excluding tert-OH is 2. The molecule has 0 amide bonds. The Kier molecular flexibility index (Phi) is 6.11. The molecule has 1 heterocycles. The number of rotatable bonds is 6. The van der Waals surface area contributed by atoms with E-state index in [1.807, 2.05) is 0 Å². The zero-order chi connectivity index (χ0) is 13.5. The number of aromatic nitrogens is 1. The third-order valence-corrected chi connectivity index (χ3v) is 3.23. The molecule has 0 saturated heterocycles. The van der Waals surface area contributed by atoms with Gasteiger partial charge in [0, 0.05) is 12.7 Å². The van der Waals surface area contributed by atoms with Gasteiger partial charge in [-0.3, -0.25) is 9.78 Å². The highest BCUT2D eigenvalue weighted by molar-refractivity contribution is 8.13. The number of carbonyl (C=O) groups excluding carboxylic acids is 1. The van der Waals surface area contributed by atoms with Gasteiger partial charge in [0.25, 0.3) is 0 Å². The van der Waals surface area contributed by atoms with Crippen molar-refractivity contribution in [3.05, 3.63) is 24.0 Å². The lowest BCUT2D eigenvalue weighted by Crippen LogP contribution is -2.20. The van der Waals surface area contributed by atoms with Gasteiger partial charge in [-0.25, -0.2) is 0 Å². The number of hydrogen-bond acceptors (Lipinski definition) is 6. The van der Waals surface area contributed by atoms with E-state index in [4.69, 9.17) is 4.74 Å². The van der Waals surface area contributed by atoms with Crippen molar-refractivity contribution >= 4 is 16.9 Å². The summed E-state index contributed by atoms with van der Waals surface area (Å²) in [6.07, 6.45) is -0.171. The number of hydrogen-bond donors (Lipinski definition) is 2. The molecule has 0 radical (unpaired) electrons. The minimum atomic E-state index is -1.05. The molecule has 100 valence electrons. The third kappa shape index (κ3) is 4.64. The number of methoxy groups -OCH3 is 1. The van der Waals surface area contributed by atoms with Gasteiger partial charge in [-0.1, -0.05) is 11.8 Å². The highest BCUT2D eigenvalue weighted by atomic mass is 32.2. The molecule has 0 aromatic carbocycles. The SMILES string of the molecule is COc1ccc(C(O)C(O)CCSC(C)=O)nc1. The minimum absolute atomic E-state index is 0.000683. The molecule has 2 unspecified atom stereocenters. The molecule has 0 saturated carbocycles. The second-order valence-corrected chi connectivity index (χ2v) is 5.04. The van der Waals surface area contributed by atoms with Gasteiger partial charge in [0.1, 0.15) is 11.9 Å². The highest BCUT2D eigenvalue weighted by Crippen LogP contribution is 2.20. The largest absolute Gasteiger partial charge is 0.495 e. The van der Waals surface area contributed by atoms with E-state index in [-0.39, 0.29) is 5.12 Å². The summed E-state index contributed by atoms with van der Waals surface area (Å²) in [6, 6.07) is 3.27. The van der Waals surface area contributed by atoms with Gasteiger partial charge >= 0.3 is 0 Å². The van der Waals surface area contributed by atoms with E-state index in [0.717, 1.165) is 11.8 Å². The normalized spacial score (nSPS) is 14.0. The Bertz CT molecular complexity index is 382. The van der Waals surface area contributed by atoms with E-state index in [1.54, 1.807) is 12.1 Å². The Hall–Kier alpha value is -1.11. The Morgan fingerprint density at radius 1 is 1.50 bits per heavy atom. The van der Waals surface area contributed by atoms with Crippen molar-refractivity contribution in [2.45, 2.75) is 25.6 Å². The van der Waals surface area contributed by atoms with Gasteiger partial charge in [0.2, 0.25) is 0 Å². The summed E-state index contributed by atoms with van der Waals surface area (Å²) >= 11 is 1.13. The van der Waals surface area contributed by atoms with Crippen LogP contribution >= 0.6 is 11.8 Å². The van der Waals surface area contributed by atoms with Crippen LogP contribution in [0, 0.1) is 0 Å². The first-order valence-electron chi connectivity index (χ1n) is 5.54. The zero-order valence-electron chi connectivity index (χ0n) is 10.4. The minimum Gasteiger partial charge on any atom is -0.495 e. The molecule has 1 aromatic rings. The van der Waals surface area contributed by atoms with Crippen LogP contribution in [0.2, 0.25) is 0 Å². The van der Waals surface area contributed by atoms with Gasteiger partial charge in [-0.15, -0.1) is 0 Å². The van der Waals surface area contributed by atoms with Crippen molar-refractivity contribution in [3.8, 4) is 5.75 Å². The standard InChI is InChI=1S/C12H17NO4S/c1-8(14)18-6-5-11(15)12(16)10-4-3-9(17-2)7-13-10/h3-4,7,11-12,15-16H,5-6H2,1-2H3. The van der Waals surface area contributed by atoms with E-state index in [9.17, 15) is 15.0 Å². The summed E-state index contributed by atoms with van der Waals surface area (Å²) in [4.78, 5) is 14.7. The molecular formula is C12H17NO4S. The molecule has 2 N–H and O–H groups in total. The van der Waals surface area contributed by atoms with Gasteiger partial charge in [0.05, 0.1) is 25.1 Å². The fourth-order valence-corrected chi connectivity index (χ4v) is 2.01.